The monoisotopic (exact) mass is 532 g/mol. The second-order valence-corrected chi connectivity index (χ2v) is 8.78. The first kappa shape index (κ1) is 29.4. The van der Waals surface area contributed by atoms with E-state index in [1.54, 1.807) is 14.2 Å². The number of hydrogen-bond donors (Lipinski definition) is 2. The van der Waals surface area contributed by atoms with E-state index in [-0.39, 0.29) is 19.4 Å². The SMILES string of the molecule is COB(OC)c1ccc(C[C@@H](NC(=O)[C@@H](Cc2ccccc2)NC(=O)OCc2ccccc2)C(=O)OC)cc1. The van der Waals surface area contributed by atoms with Crippen LogP contribution in [0.15, 0.2) is 84.9 Å². The van der Waals surface area contributed by atoms with Gasteiger partial charge in [0.05, 0.1) is 7.11 Å². The van der Waals surface area contributed by atoms with Gasteiger partial charge in [-0.05, 0) is 22.2 Å². The number of amides is 2. The molecule has 2 atom stereocenters. The van der Waals surface area contributed by atoms with Crippen molar-refractivity contribution in [1.82, 2.24) is 10.6 Å². The lowest BCUT2D eigenvalue weighted by Gasteiger charge is -2.22. The minimum Gasteiger partial charge on any atom is -0.467 e. The van der Waals surface area contributed by atoms with E-state index in [2.05, 4.69) is 10.6 Å². The maximum Gasteiger partial charge on any atom is 0.493 e. The molecule has 0 aromatic heterocycles. The molecule has 2 amide bonds. The van der Waals surface area contributed by atoms with E-state index in [4.69, 9.17) is 18.8 Å². The Bertz CT molecular complexity index is 1190. The smallest absolute Gasteiger partial charge is 0.467 e. The quantitative estimate of drug-likeness (QED) is 0.257. The summed E-state index contributed by atoms with van der Waals surface area (Å²) in [6.07, 6.45) is -0.365. The average Bonchev–Trinajstić information content (AvgIpc) is 2.97. The van der Waals surface area contributed by atoms with E-state index in [1.165, 1.54) is 7.11 Å². The van der Waals surface area contributed by atoms with Gasteiger partial charge < -0.3 is 29.4 Å². The third kappa shape index (κ3) is 9.28. The van der Waals surface area contributed by atoms with E-state index < -0.39 is 37.2 Å². The first-order valence-corrected chi connectivity index (χ1v) is 12.5. The van der Waals surface area contributed by atoms with Crippen LogP contribution in [0.5, 0.6) is 0 Å². The van der Waals surface area contributed by atoms with Crippen LogP contribution in [0.4, 0.5) is 4.79 Å². The number of nitrogens with one attached hydrogen (secondary N) is 2. The van der Waals surface area contributed by atoms with Gasteiger partial charge in [-0.15, -0.1) is 0 Å². The van der Waals surface area contributed by atoms with Crippen molar-refractivity contribution >= 4 is 30.6 Å². The van der Waals surface area contributed by atoms with Crippen molar-refractivity contribution in [3.05, 3.63) is 102 Å². The number of esters is 1. The summed E-state index contributed by atoms with van der Waals surface area (Å²) >= 11 is 0. The van der Waals surface area contributed by atoms with E-state index in [0.717, 1.165) is 22.2 Å². The van der Waals surface area contributed by atoms with Crippen LogP contribution >= 0.6 is 0 Å². The van der Waals surface area contributed by atoms with Gasteiger partial charge in [0, 0.05) is 27.1 Å². The lowest BCUT2D eigenvalue weighted by Crippen LogP contribution is -2.53. The molecule has 0 fully saturated rings. The Kier molecular flexibility index (Phi) is 11.5. The largest absolute Gasteiger partial charge is 0.493 e. The summed E-state index contributed by atoms with van der Waals surface area (Å²) in [5, 5.41) is 5.38. The van der Waals surface area contributed by atoms with E-state index >= 15 is 0 Å². The topological polar surface area (TPSA) is 112 Å². The lowest BCUT2D eigenvalue weighted by molar-refractivity contribution is -0.145. The highest BCUT2D eigenvalue weighted by Gasteiger charge is 2.28. The number of alkyl carbamates (subject to hydrolysis) is 1. The lowest BCUT2D eigenvalue weighted by atomic mass is 9.78. The molecule has 0 radical (unpaired) electrons. The van der Waals surface area contributed by atoms with Gasteiger partial charge in [0.15, 0.2) is 0 Å². The molecule has 0 unspecified atom stereocenters. The van der Waals surface area contributed by atoms with Crippen LogP contribution in [0, 0.1) is 0 Å². The maximum atomic E-state index is 13.4. The average molecular weight is 532 g/mol. The van der Waals surface area contributed by atoms with Gasteiger partial charge in [-0.25, -0.2) is 9.59 Å². The van der Waals surface area contributed by atoms with E-state index in [0.29, 0.717) is 0 Å². The number of methoxy groups -OCH3 is 1. The minimum absolute atomic E-state index is 0.0557. The van der Waals surface area contributed by atoms with Gasteiger partial charge in [-0.3, -0.25) is 4.79 Å². The standard InChI is InChI=1S/C29H33BN2O7/c1-36-28(34)26(19-22-14-16-24(17-15-22)30(37-2)38-3)31-27(33)25(18-21-10-6-4-7-11-21)32-29(35)39-20-23-12-8-5-9-13-23/h4-17,25-26H,18-20H2,1-3H3,(H,31,33)(H,32,35)/t25-,26-/m1/s1. The molecular formula is C29H33BN2O7. The Hall–Kier alpha value is -4.15. The van der Waals surface area contributed by atoms with Crippen LogP contribution < -0.4 is 16.1 Å². The van der Waals surface area contributed by atoms with Crippen LogP contribution in [0.1, 0.15) is 16.7 Å². The summed E-state index contributed by atoms with van der Waals surface area (Å²) in [5.74, 6) is -1.15. The molecule has 3 aromatic carbocycles. The Morgan fingerprint density at radius 3 is 1.79 bits per heavy atom. The highest BCUT2D eigenvalue weighted by Crippen LogP contribution is 2.09. The van der Waals surface area contributed by atoms with Gasteiger partial charge in [0.25, 0.3) is 0 Å². The fourth-order valence-corrected chi connectivity index (χ4v) is 3.99. The second kappa shape index (κ2) is 15.3. The summed E-state index contributed by atoms with van der Waals surface area (Å²) in [4.78, 5) is 38.6. The van der Waals surface area contributed by atoms with Crippen molar-refractivity contribution < 1.29 is 33.2 Å². The molecule has 0 heterocycles. The molecule has 3 rings (SSSR count). The second-order valence-electron chi connectivity index (χ2n) is 8.78. The van der Waals surface area contributed by atoms with E-state index in [9.17, 15) is 14.4 Å². The summed E-state index contributed by atoms with van der Waals surface area (Å²) in [6.45, 7) is 0.0557. The number of benzene rings is 3. The maximum absolute atomic E-state index is 13.4. The molecule has 0 aliphatic rings. The Morgan fingerprint density at radius 2 is 1.23 bits per heavy atom. The number of hydrogen-bond acceptors (Lipinski definition) is 7. The van der Waals surface area contributed by atoms with Crippen molar-refractivity contribution in [3.8, 4) is 0 Å². The molecule has 0 spiro atoms. The molecule has 2 N–H and O–H groups in total. The molecule has 9 nitrogen and oxygen atoms in total. The van der Waals surface area contributed by atoms with Gasteiger partial charge in [0.2, 0.25) is 5.91 Å². The molecule has 0 aliphatic carbocycles. The first-order valence-electron chi connectivity index (χ1n) is 12.5. The summed E-state index contributed by atoms with van der Waals surface area (Å²) in [7, 11) is 3.83. The highest BCUT2D eigenvalue weighted by molar-refractivity contribution is 6.61. The van der Waals surface area contributed by atoms with Crippen molar-refractivity contribution in [2.24, 2.45) is 0 Å². The predicted octanol–water partition coefficient (Wildman–Crippen LogP) is 2.41. The fraction of sp³-hybridized carbons (Fsp3) is 0.276. The number of carbonyl (C=O) groups is 3. The van der Waals surface area contributed by atoms with Crippen LogP contribution in [-0.4, -0.2) is 58.5 Å². The van der Waals surface area contributed by atoms with Crippen LogP contribution in [0.3, 0.4) is 0 Å². The Balaban J connectivity index is 1.71. The number of rotatable bonds is 13. The Morgan fingerprint density at radius 1 is 0.692 bits per heavy atom. The van der Waals surface area contributed by atoms with Crippen LogP contribution in [0.25, 0.3) is 0 Å². The molecule has 0 aliphatic heterocycles. The number of ether oxygens (including phenoxy) is 2. The van der Waals surface area contributed by atoms with Gasteiger partial charge in [-0.1, -0.05) is 84.9 Å². The van der Waals surface area contributed by atoms with Gasteiger partial charge >= 0.3 is 19.2 Å². The number of carbonyl (C=O) groups excluding carboxylic acids is 3. The fourth-order valence-electron chi connectivity index (χ4n) is 3.99. The van der Waals surface area contributed by atoms with Gasteiger partial charge in [-0.2, -0.15) is 0 Å². The third-order valence-electron chi connectivity index (χ3n) is 6.03. The van der Waals surface area contributed by atoms with Crippen LogP contribution in [-0.2, 0) is 47.8 Å². The zero-order chi connectivity index (χ0) is 28.0. The van der Waals surface area contributed by atoms with Crippen molar-refractivity contribution in [2.45, 2.75) is 31.5 Å². The molecule has 3 aromatic rings. The molecular weight excluding hydrogens is 499 g/mol. The highest BCUT2D eigenvalue weighted by atomic mass is 16.6. The molecule has 39 heavy (non-hydrogen) atoms. The summed E-state index contributed by atoms with van der Waals surface area (Å²) in [5.41, 5.74) is 3.24. The molecule has 204 valence electrons. The first-order chi connectivity index (χ1) is 18.9. The predicted molar refractivity (Wildman–Crippen MR) is 147 cm³/mol. The van der Waals surface area contributed by atoms with Crippen LogP contribution in [0.2, 0.25) is 0 Å². The minimum atomic E-state index is -0.991. The van der Waals surface area contributed by atoms with Crippen molar-refractivity contribution in [3.63, 3.8) is 0 Å². The molecule has 10 heteroatoms. The van der Waals surface area contributed by atoms with E-state index in [1.807, 2.05) is 84.9 Å². The molecule has 0 saturated heterocycles. The Labute approximate surface area is 228 Å². The van der Waals surface area contributed by atoms with Crippen molar-refractivity contribution in [1.29, 1.82) is 0 Å². The molecule has 0 bridgehead atoms. The zero-order valence-electron chi connectivity index (χ0n) is 22.3. The normalized spacial score (nSPS) is 12.1. The summed E-state index contributed by atoms with van der Waals surface area (Å²) in [6, 6.07) is 23.8. The van der Waals surface area contributed by atoms with Crippen molar-refractivity contribution in [2.75, 3.05) is 21.3 Å². The third-order valence-corrected chi connectivity index (χ3v) is 6.03. The molecule has 0 saturated carbocycles. The summed E-state index contributed by atoms with van der Waals surface area (Å²) < 4.78 is 20.8. The van der Waals surface area contributed by atoms with Gasteiger partial charge in [0.1, 0.15) is 18.7 Å². The zero-order valence-corrected chi connectivity index (χ0v) is 22.3.